The molecule has 3 aromatic rings. The van der Waals surface area contributed by atoms with Crippen LogP contribution in [0.25, 0.3) is 23.2 Å². The number of benzene rings is 2. The fraction of sp³-hybridized carbons (Fsp3) is 0.318. The summed E-state index contributed by atoms with van der Waals surface area (Å²) < 4.78 is 7.72. The zero-order valence-electron chi connectivity index (χ0n) is 15.7. The van der Waals surface area contributed by atoms with Gasteiger partial charge in [-0.3, -0.25) is 4.90 Å². The fourth-order valence-corrected chi connectivity index (χ4v) is 4.01. The van der Waals surface area contributed by atoms with E-state index in [0.717, 1.165) is 68.2 Å². The van der Waals surface area contributed by atoms with Crippen LogP contribution in [-0.4, -0.2) is 47.3 Å². The number of aryl methyl sites for hydroxylation is 1. The fourth-order valence-electron chi connectivity index (χ4n) is 3.53. The largest absolute Gasteiger partial charge is 0.379 e. The highest BCUT2D eigenvalue weighted by molar-refractivity contribution is 6.35. The molecule has 0 unspecified atom stereocenters. The lowest BCUT2D eigenvalue weighted by Gasteiger charge is -2.26. The number of nitrogens with zero attached hydrogens (tertiary/aromatic N) is 3. The van der Waals surface area contributed by atoms with Gasteiger partial charge in [-0.25, -0.2) is 4.98 Å². The molecule has 0 aliphatic carbocycles. The summed E-state index contributed by atoms with van der Waals surface area (Å²) in [5, 5.41) is 1.27. The average molecular weight is 416 g/mol. The molecule has 0 amide bonds. The summed E-state index contributed by atoms with van der Waals surface area (Å²) >= 11 is 12.3. The van der Waals surface area contributed by atoms with Gasteiger partial charge < -0.3 is 9.30 Å². The summed E-state index contributed by atoms with van der Waals surface area (Å²) in [5.74, 6) is 0.939. The number of morpholine rings is 1. The minimum Gasteiger partial charge on any atom is -0.379 e. The average Bonchev–Trinajstić information content (AvgIpc) is 3.06. The second-order valence-electron chi connectivity index (χ2n) is 6.92. The first-order chi connectivity index (χ1) is 13.7. The van der Waals surface area contributed by atoms with Crippen LogP contribution in [0.5, 0.6) is 0 Å². The number of imidazole rings is 1. The predicted octanol–water partition coefficient (Wildman–Crippen LogP) is 5.24. The molecular formula is C22H23Cl2N3O. The van der Waals surface area contributed by atoms with Gasteiger partial charge in [0.05, 0.1) is 24.2 Å². The lowest BCUT2D eigenvalue weighted by Crippen LogP contribution is -2.37. The molecule has 4 rings (SSSR count). The van der Waals surface area contributed by atoms with Crippen LogP contribution in [0.1, 0.15) is 17.8 Å². The van der Waals surface area contributed by atoms with E-state index in [4.69, 9.17) is 32.9 Å². The molecule has 1 fully saturated rings. The Morgan fingerprint density at radius 1 is 1.00 bits per heavy atom. The number of hydrogen-bond acceptors (Lipinski definition) is 3. The van der Waals surface area contributed by atoms with Crippen LogP contribution in [0.3, 0.4) is 0 Å². The molecule has 0 saturated carbocycles. The first kappa shape index (κ1) is 19.5. The summed E-state index contributed by atoms with van der Waals surface area (Å²) in [7, 11) is 0. The lowest BCUT2D eigenvalue weighted by atomic mass is 10.2. The molecule has 0 bridgehead atoms. The van der Waals surface area contributed by atoms with Crippen molar-refractivity contribution >= 4 is 46.4 Å². The van der Waals surface area contributed by atoms with Gasteiger partial charge in [0.15, 0.2) is 0 Å². The standard InChI is InChI=1S/C22H23Cl2N3O/c23-18-8-6-17(19(24)16-18)7-9-22-25-20-4-1-2-5-21(20)27(22)11-3-10-26-12-14-28-15-13-26/h1-2,4-9,16H,3,10-15H2/b9-7+. The van der Waals surface area contributed by atoms with Crippen LogP contribution in [0.2, 0.25) is 10.0 Å². The molecule has 0 radical (unpaired) electrons. The van der Waals surface area contributed by atoms with Crippen LogP contribution in [0, 0.1) is 0 Å². The smallest absolute Gasteiger partial charge is 0.133 e. The van der Waals surface area contributed by atoms with Crippen molar-refractivity contribution in [2.24, 2.45) is 0 Å². The second kappa shape index (κ2) is 9.10. The van der Waals surface area contributed by atoms with Crippen LogP contribution in [-0.2, 0) is 11.3 Å². The van der Waals surface area contributed by atoms with Gasteiger partial charge in [0.25, 0.3) is 0 Å². The summed E-state index contributed by atoms with van der Waals surface area (Å²) in [6.45, 7) is 5.71. The van der Waals surface area contributed by atoms with E-state index in [1.807, 2.05) is 30.4 Å². The molecule has 0 atom stereocenters. The van der Waals surface area contributed by atoms with Crippen molar-refractivity contribution in [3.63, 3.8) is 0 Å². The van der Waals surface area contributed by atoms with E-state index in [-0.39, 0.29) is 0 Å². The Labute approximate surface area is 175 Å². The molecule has 28 heavy (non-hydrogen) atoms. The number of fused-ring (bicyclic) bond motifs is 1. The molecule has 1 saturated heterocycles. The maximum Gasteiger partial charge on any atom is 0.133 e. The maximum absolute atomic E-state index is 6.31. The molecule has 6 heteroatoms. The van der Waals surface area contributed by atoms with Crippen molar-refractivity contribution in [2.75, 3.05) is 32.8 Å². The van der Waals surface area contributed by atoms with E-state index < -0.39 is 0 Å². The zero-order chi connectivity index (χ0) is 19.3. The van der Waals surface area contributed by atoms with E-state index in [2.05, 4.69) is 27.7 Å². The highest BCUT2D eigenvalue weighted by atomic mass is 35.5. The first-order valence-electron chi connectivity index (χ1n) is 9.59. The van der Waals surface area contributed by atoms with Crippen LogP contribution < -0.4 is 0 Å². The Kier molecular flexibility index (Phi) is 6.33. The predicted molar refractivity (Wildman–Crippen MR) is 117 cm³/mol. The van der Waals surface area contributed by atoms with E-state index in [1.165, 1.54) is 0 Å². The molecule has 1 aromatic heterocycles. The van der Waals surface area contributed by atoms with Gasteiger partial charge in [-0.1, -0.05) is 41.4 Å². The minimum absolute atomic E-state index is 0.637. The van der Waals surface area contributed by atoms with Crippen molar-refractivity contribution < 1.29 is 4.74 Å². The topological polar surface area (TPSA) is 30.3 Å². The Hall–Kier alpha value is -1.85. The molecule has 0 spiro atoms. The molecule has 1 aliphatic rings. The van der Waals surface area contributed by atoms with Gasteiger partial charge in [-0.15, -0.1) is 0 Å². The van der Waals surface area contributed by atoms with Crippen molar-refractivity contribution in [3.05, 3.63) is 63.9 Å². The molecule has 1 aliphatic heterocycles. The van der Waals surface area contributed by atoms with E-state index in [9.17, 15) is 0 Å². The third-order valence-electron chi connectivity index (χ3n) is 5.02. The Morgan fingerprint density at radius 3 is 2.64 bits per heavy atom. The van der Waals surface area contributed by atoms with Gasteiger partial charge in [0.1, 0.15) is 5.82 Å². The maximum atomic E-state index is 6.31. The van der Waals surface area contributed by atoms with E-state index in [0.29, 0.717) is 10.0 Å². The molecule has 2 heterocycles. The molecule has 2 aromatic carbocycles. The number of hydrogen-bond donors (Lipinski definition) is 0. The zero-order valence-corrected chi connectivity index (χ0v) is 17.2. The van der Waals surface area contributed by atoms with Crippen LogP contribution in [0.15, 0.2) is 42.5 Å². The van der Waals surface area contributed by atoms with Crippen molar-refractivity contribution in [1.82, 2.24) is 14.5 Å². The second-order valence-corrected chi connectivity index (χ2v) is 7.76. The molecular weight excluding hydrogens is 393 g/mol. The Bertz CT molecular complexity index is 977. The molecule has 146 valence electrons. The minimum atomic E-state index is 0.637. The lowest BCUT2D eigenvalue weighted by molar-refractivity contribution is 0.0369. The molecule has 0 N–H and O–H groups in total. The van der Waals surface area contributed by atoms with Crippen molar-refractivity contribution in [2.45, 2.75) is 13.0 Å². The summed E-state index contributed by atoms with van der Waals surface area (Å²) in [6, 6.07) is 13.8. The summed E-state index contributed by atoms with van der Waals surface area (Å²) in [5.41, 5.74) is 3.10. The van der Waals surface area contributed by atoms with Crippen LogP contribution >= 0.6 is 23.2 Å². The number of para-hydroxylation sites is 2. The first-order valence-corrected chi connectivity index (χ1v) is 10.3. The Morgan fingerprint density at radius 2 is 1.82 bits per heavy atom. The van der Waals surface area contributed by atoms with E-state index >= 15 is 0 Å². The van der Waals surface area contributed by atoms with Crippen molar-refractivity contribution in [1.29, 1.82) is 0 Å². The van der Waals surface area contributed by atoms with E-state index in [1.54, 1.807) is 6.07 Å². The van der Waals surface area contributed by atoms with Gasteiger partial charge in [-0.2, -0.15) is 0 Å². The third-order valence-corrected chi connectivity index (χ3v) is 5.58. The van der Waals surface area contributed by atoms with Crippen molar-refractivity contribution in [3.8, 4) is 0 Å². The monoisotopic (exact) mass is 415 g/mol. The van der Waals surface area contributed by atoms with Gasteiger partial charge in [0.2, 0.25) is 0 Å². The Balaban J connectivity index is 1.55. The highest BCUT2D eigenvalue weighted by Gasteiger charge is 2.12. The number of rotatable bonds is 6. The quantitative estimate of drug-likeness (QED) is 0.551. The highest BCUT2D eigenvalue weighted by Crippen LogP contribution is 2.24. The number of aromatic nitrogens is 2. The third kappa shape index (κ3) is 4.58. The van der Waals surface area contributed by atoms with Crippen LogP contribution in [0.4, 0.5) is 0 Å². The summed E-state index contributed by atoms with van der Waals surface area (Å²) in [4.78, 5) is 7.28. The molecule has 4 nitrogen and oxygen atoms in total. The number of halogens is 2. The van der Waals surface area contributed by atoms with Gasteiger partial charge in [0, 0.05) is 36.2 Å². The normalized spacial score (nSPS) is 15.6. The SMILES string of the molecule is Clc1ccc(/C=C/c2nc3ccccc3n2CCCN2CCOCC2)c(Cl)c1. The summed E-state index contributed by atoms with van der Waals surface area (Å²) in [6.07, 6.45) is 5.10. The van der Waals surface area contributed by atoms with Gasteiger partial charge >= 0.3 is 0 Å². The van der Waals surface area contributed by atoms with Gasteiger partial charge in [-0.05, 0) is 48.4 Å². The number of ether oxygens (including phenoxy) is 1.